The third-order valence-electron chi connectivity index (χ3n) is 3.95. The number of benzene rings is 1. The molecule has 0 aliphatic carbocycles. The zero-order valence-corrected chi connectivity index (χ0v) is 14.0. The normalized spacial score (nSPS) is 11.7. The summed E-state index contributed by atoms with van der Waals surface area (Å²) in [5.74, 6) is -0.214. The zero-order valence-electron chi connectivity index (χ0n) is 14.0. The van der Waals surface area contributed by atoms with E-state index in [1.54, 1.807) is 19.2 Å². The highest BCUT2D eigenvalue weighted by Gasteiger charge is 2.32. The molecule has 0 radical (unpaired) electrons. The lowest BCUT2D eigenvalue weighted by atomic mass is 10.1. The Morgan fingerprint density at radius 2 is 1.77 bits per heavy atom. The van der Waals surface area contributed by atoms with Gasteiger partial charge in [-0.2, -0.15) is 5.26 Å². The number of fused-ring (bicyclic) bond motifs is 1. The van der Waals surface area contributed by atoms with Crippen molar-refractivity contribution in [3.05, 3.63) is 71.5 Å². The number of hydrogen-bond acceptors (Lipinski definition) is 3. The fourth-order valence-corrected chi connectivity index (χ4v) is 2.92. The van der Waals surface area contributed by atoms with E-state index in [0.29, 0.717) is 17.7 Å². The van der Waals surface area contributed by atoms with Gasteiger partial charge in [0.1, 0.15) is 11.8 Å². The summed E-state index contributed by atoms with van der Waals surface area (Å²) >= 11 is 0. The largest absolute Gasteiger partial charge is 0.573 e. The molecule has 0 fully saturated rings. The van der Waals surface area contributed by atoms with E-state index >= 15 is 0 Å². The molecule has 0 amide bonds. The van der Waals surface area contributed by atoms with E-state index in [4.69, 9.17) is 0 Å². The number of ether oxygens (including phenoxy) is 1. The molecule has 0 unspecified atom stereocenters. The van der Waals surface area contributed by atoms with Crippen LogP contribution in [0.3, 0.4) is 0 Å². The van der Waals surface area contributed by atoms with Crippen molar-refractivity contribution in [3.63, 3.8) is 0 Å². The van der Waals surface area contributed by atoms with Crippen LogP contribution in [0.4, 0.5) is 13.2 Å². The van der Waals surface area contributed by atoms with E-state index in [9.17, 15) is 18.4 Å². The van der Waals surface area contributed by atoms with Gasteiger partial charge in [0.2, 0.25) is 0 Å². The summed E-state index contributed by atoms with van der Waals surface area (Å²) in [7, 11) is 1.79. The summed E-state index contributed by atoms with van der Waals surface area (Å²) in [6, 6.07) is 13.8. The Morgan fingerprint density at radius 3 is 2.50 bits per heavy atom. The van der Waals surface area contributed by atoms with Crippen LogP contribution in [0.5, 0.6) is 5.75 Å². The van der Waals surface area contributed by atoms with E-state index in [2.05, 4.69) is 10.8 Å². The van der Waals surface area contributed by atoms with Crippen LogP contribution < -0.4 is 4.74 Å². The van der Waals surface area contributed by atoms with Crippen molar-refractivity contribution >= 4 is 5.52 Å². The van der Waals surface area contributed by atoms with E-state index < -0.39 is 6.36 Å². The van der Waals surface area contributed by atoms with Crippen molar-refractivity contribution in [3.8, 4) is 11.8 Å². The molecule has 0 saturated heterocycles. The number of aromatic nitrogens is 1. The Bertz CT molecular complexity index is 957. The Hall–Kier alpha value is -2.98. The maximum atomic E-state index is 12.5. The molecule has 134 valence electrons. The van der Waals surface area contributed by atoms with Gasteiger partial charge in [0, 0.05) is 36.6 Å². The van der Waals surface area contributed by atoms with Crippen molar-refractivity contribution in [2.45, 2.75) is 19.5 Å². The highest BCUT2D eigenvalue weighted by atomic mass is 19.4. The van der Waals surface area contributed by atoms with Crippen LogP contribution in [0, 0.1) is 11.3 Å². The van der Waals surface area contributed by atoms with Crippen LogP contribution in [0.1, 0.15) is 16.7 Å². The molecule has 3 rings (SSSR count). The van der Waals surface area contributed by atoms with Gasteiger partial charge in [0.25, 0.3) is 0 Å². The number of rotatable bonds is 5. The maximum absolute atomic E-state index is 12.5. The molecule has 3 aromatic rings. The summed E-state index contributed by atoms with van der Waals surface area (Å²) in [5, 5.41) is 9.45. The summed E-state index contributed by atoms with van der Waals surface area (Å²) in [6.45, 7) is 0.675. The lowest BCUT2D eigenvalue weighted by molar-refractivity contribution is -0.275. The molecule has 0 aliphatic heterocycles. The smallest absolute Gasteiger partial charge is 0.405 e. The van der Waals surface area contributed by atoms with E-state index in [-0.39, 0.29) is 12.3 Å². The average molecular weight is 359 g/mol. The number of nitrogens with zero attached hydrogens (tertiary/aromatic N) is 3. The van der Waals surface area contributed by atoms with Crippen molar-refractivity contribution in [1.82, 2.24) is 9.30 Å². The highest BCUT2D eigenvalue weighted by Crippen LogP contribution is 2.27. The number of nitriles is 1. The lowest BCUT2D eigenvalue weighted by Crippen LogP contribution is -2.21. The van der Waals surface area contributed by atoms with Crippen LogP contribution in [-0.2, 0) is 13.1 Å². The van der Waals surface area contributed by atoms with Crippen molar-refractivity contribution < 1.29 is 17.9 Å². The fourth-order valence-electron chi connectivity index (χ4n) is 2.92. The van der Waals surface area contributed by atoms with Gasteiger partial charge in [0.15, 0.2) is 0 Å². The molecule has 0 aliphatic rings. The van der Waals surface area contributed by atoms with Gasteiger partial charge in [-0.05, 0) is 25.2 Å². The van der Waals surface area contributed by atoms with Gasteiger partial charge < -0.3 is 9.14 Å². The second kappa shape index (κ2) is 7.10. The fraction of sp³-hybridized carbons (Fsp3) is 0.211. The molecule has 4 nitrogen and oxygen atoms in total. The van der Waals surface area contributed by atoms with Crippen LogP contribution in [0.2, 0.25) is 0 Å². The Kier molecular flexibility index (Phi) is 4.87. The first-order chi connectivity index (χ1) is 12.4. The van der Waals surface area contributed by atoms with E-state index in [1.807, 2.05) is 39.9 Å². The first-order valence-corrected chi connectivity index (χ1v) is 7.88. The van der Waals surface area contributed by atoms with Gasteiger partial charge >= 0.3 is 6.36 Å². The van der Waals surface area contributed by atoms with Crippen LogP contribution in [-0.4, -0.2) is 22.7 Å². The van der Waals surface area contributed by atoms with Gasteiger partial charge in [-0.3, -0.25) is 4.90 Å². The molecule has 26 heavy (non-hydrogen) atoms. The SMILES string of the molecule is CN(Cc1ccccc1OC(F)(F)F)Cc1cn2ccccc2c1C#N. The van der Waals surface area contributed by atoms with Crippen LogP contribution in [0.15, 0.2) is 54.9 Å². The topological polar surface area (TPSA) is 40.7 Å². The number of alkyl halides is 3. The summed E-state index contributed by atoms with van der Waals surface area (Å²) in [4.78, 5) is 1.84. The third-order valence-corrected chi connectivity index (χ3v) is 3.95. The minimum atomic E-state index is -4.73. The first-order valence-electron chi connectivity index (χ1n) is 7.88. The van der Waals surface area contributed by atoms with Crippen LogP contribution in [0.25, 0.3) is 5.52 Å². The first kappa shape index (κ1) is 17.8. The van der Waals surface area contributed by atoms with Crippen LogP contribution >= 0.6 is 0 Å². The molecule has 2 heterocycles. The molecule has 1 aromatic carbocycles. The van der Waals surface area contributed by atoms with E-state index in [0.717, 1.165) is 11.1 Å². The highest BCUT2D eigenvalue weighted by molar-refractivity contribution is 5.65. The Labute approximate surface area is 148 Å². The van der Waals surface area contributed by atoms with Gasteiger partial charge in [0.05, 0.1) is 11.1 Å². The second-order valence-corrected chi connectivity index (χ2v) is 5.96. The number of halogens is 3. The van der Waals surface area contributed by atoms with Crippen molar-refractivity contribution in [1.29, 1.82) is 5.26 Å². The molecule has 7 heteroatoms. The number of hydrogen-bond donors (Lipinski definition) is 0. The molecule has 0 N–H and O–H groups in total. The molecule has 0 atom stereocenters. The molecule has 2 aromatic heterocycles. The third kappa shape index (κ3) is 3.98. The quantitative estimate of drug-likeness (QED) is 0.680. The Balaban J connectivity index is 1.80. The van der Waals surface area contributed by atoms with Gasteiger partial charge in [-0.15, -0.1) is 13.2 Å². The summed E-state index contributed by atoms with van der Waals surface area (Å²) in [5.41, 5.74) is 2.61. The monoisotopic (exact) mass is 359 g/mol. The van der Waals surface area contributed by atoms with Gasteiger partial charge in [-0.1, -0.05) is 24.3 Å². The standard InChI is InChI=1S/C19H16F3N3O/c1-24(11-14-6-2-3-8-18(14)26-19(20,21)22)12-15-13-25-9-5-4-7-17(25)16(15)10-23/h2-9,13H,11-12H2,1H3. The molecular weight excluding hydrogens is 343 g/mol. The molecule has 0 saturated carbocycles. The number of para-hydroxylation sites is 1. The maximum Gasteiger partial charge on any atom is 0.573 e. The summed E-state index contributed by atoms with van der Waals surface area (Å²) in [6.07, 6.45) is -1.02. The number of pyridine rings is 1. The van der Waals surface area contributed by atoms with Crippen molar-refractivity contribution in [2.24, 2.45) is 0 Å². The minimum absolute atomic E-state index is 0.214. The lowest BCUT2D eigenvalue weighted by Gasteiger charge is -2.19. The van der Waals surface area contributed by atoms with Gasteiger partial charge in [-0.25, -0.2) is 0 Å². The summed E-state index contributed by atoms with van der Waals surface area (Å²) < 4.78 is 43.6. The predicted molar refractivity (Wildman–Crippen MR) is 90.4 cm³/mol. The zero-order chi connectivity index (χ0) is 18.7. The Morgan fingerprint density at radius 1 is 1.08 bits per heavy atom. The molecular formula is C19H16F3N3O. The minimum Gasteiger partial charge on any atom is -0.405 e. The second-order valence-electron chi connectivity index (χ2n) is 5.96. The molecule has 0 bridgehead atoms. The van der Waals surface area contributed by atoms with Crippen molar-refractivity contribution in [2.75, 3.05) is 7.05 Å². The van der Waals surface area contributed by atoms with E-state index in [1.165, 1.54) is 12.1 Å². The average Bonchev–Trinajstić information content (AvgIpc) is 2.92. The predicted octanol–water partition coefficient (Wildman–Crippen LogP) is 4.34. The molecule has 0 spiro atoms.